The average molecular weight is 368 g/mol. The van der Waals surface area contributed by atoms with Crippen molar-refractivity contribution in [1.82, 2.24) is 19.7 Å². The molecule has 4 rings (SSSR count). The van der Waals surface area contributed by atoms with Gasteiger partial charge in [-0.3, -0.25) is 9.59 Å². The third-order valence-electron chi connectivity index (χ3n) is 5.84. The van der Waals surface area contributed by atoms with Crippen LogP contribution in [0.3, 0.4) is 0 Å². The van der Waals surface area contributed by atoms with Crippen LogP contribution in [-0.4, -0.2) is 77.3 Å². The number of carbonyl (C=O) groups is 2. The van der Waals surface area contributed by atoms with E-state index in [0.29, 0.717) is 39.0 Å². The molecular weight excluding hydrogens is 340 g/mol. The van der Waals surface area contributed by atoms with Crippen LogP contribution in [-0.2, 0) is 16.0 Å². The number of rotatable bonds is 5. The van der Waals surface area contributed by atoms with Crippen LogP contribution >= 0.6 is 0 Å². The van der Waals surface area contributed by atoms with Gasteiger partial charge in [0.2, 0.25) is 11.8 Å². The molecule has 0 atom stereocenters. The van der Waals surface area contributed by atoms with E-state index in [0.717, 1.165) is 36.1 Å². The molecule has 6 heteroatoms. The van der Waals surface area contributed by atoms with Gasteiger partial charge in [0, 0.05) is 56.2 Å². The first-order valence-electron chi connectivity index (χ1n) is 10.0. The van der Waals surface area contributed by atoms with Gasteiger partial charge in [-0.15, -0.1) is 0 Å². The highest BCUT2D eigenvalue weighted by Crippen LogP contribution is 2.19. The Hall–Kier alpha value is -2.34. The van der Waals surface area contributed by atoms with Crippen LogP contribution in [0.2, 0.25) is 0 Å². The smallest absolute Gasteiger partial charge is 0.227 e. The van der Waals surface area contributed by atoms with Gasteiger partial charge in [-0.25, -0.2) is 0 Å². The van der Waals surface area contributed by atoms with Crippen molar-refractivity contribution in [2.75, 3.05) is 45.8 Å². The summed E-state index contributed by atoms with van der Waals surface area (Å²) >= 11 is 0. The van der Waals surface area contributed by atoms with Crippen LogP contribution in [0.15, 0.2) is 30.5 Å². The molecule has 0 unspecified atom stereocenters. The van der Waals surface area contributed by atoms with Crippen molar-refractivity contribution in [3.05, 3.63) is 36.0 Å². The molecular formula is C21H28N4O2. The van der Waals surface area contributed by atoms with E-state index in [1.54, 1.807) is 0 Å². The van der Waals surface area contributed by atoms with Crippen molar-refractivity contribution in [2.45, 2.75) is 25.7 Å². The summed E-state index contributed by atoms with van der Waals surface area (Å²) in [6.45, 7) is 5.70. The molecule has 0 bridgehead atoms. The fraction of sp³-hybridized carbons (Fsp3) is 0.524. The highest BCUT2D eigenvalue weighted by molar-refractivity contribution is 5.89. The number of carbonyl (C=O) groups excluding carboxylic acids is 2. The number of hydrogen-bond donors (Lipinski definition) is 1. The summed E-state index contributed by atoms with van der Waals surface area (Å²) in [7, 11) is 0. The van der Waals surface area contributed by atoms with Crippen molar-refractivity contribution < 1.29 is 9.59 Å². The minimum absolute atomic E-state index is 0.143. The van der Waals surface area contributed by atoms with Crippen molar-refractivity contribution in [3.63, 3.8) is 0 Å². The highest BCUT2D eigenvalue weighted by atomic mass is 16.2. The molecule has 2 aliphatic heterocycles. The van der Waals surface area contributed by atoms with Gasteiger partial charge in [-0.1, -0.05) is 18.2 Å². The molecule has 2 amide bonds. The van der Waals surface area contributed by atoms with Crippen LogP contribution < -0.4 is 0 Å². The summed E-state index contributed by atoms with van der Waals surface area (Å²) in [5, 5.41) is 1.11. The van der Waals surface area contributed by atoms with E-state index in [1.165, 1.54) is 12.8 Å². The summed E-state index contributed by atoms with van der Waals surface area (Å²) in [6, 6.07) is 8.06. The topological polar surface area (TPSA) is 59.7 Å². The SMILES string of the molecule is O=C(CCN1CCCC1)N1CCN(C(=O)Cc2c[nH]c3ccccc23)CC1. The van der Waals surface area contributed by atoms with E-state index >= 15 is 0 Å². The number of nitrogens with zero attached hydrogens (tertiary/aromatic N) is 3. The number of amides is 2. The van der Waals surface area contributed by atoms with E-state index in [4.69, 9.17) is 0 Å². The van der Waals surface area contributed by atoms with Gasteiger partial charge < -0.3 is 19.7 Å². The maximum atomic E-state index is 12.7. The lowest BCUT2D eigenvalue weighted by molar-refractivity contribution is -0.139. The molecule has 1 aromatic carbocycles. The number of aromatic amines is 1. The lowest BCUT2D eigenvalue weighted by Crippen LogP contribution is -2.51. The second-order valence-electron chi connectivity index (χ2n) is 7.60. The Bertz CT molecular complexity index is 801. The number of H-pyrrole nitrogens is 1. The average Bonchev–Trinajstić information content (AvgIpc) is 3.36. The van der Waals surface area contributed by atoms with Crippen molar-refractivity contribution in [1.29, 1.82) is 0 Å². The Morgan fingerprint density at radius 3 is 2.30 bits per heavy atom. The molecule has 0 spiro atoms. The van der Waals surface area contributed by atoms with E-state index in [-0.39, 0.29) is 11.8 Å². The Labute approximate surface area is 160 Å². The second-order valence-corrected chi connectivity index (χ2v) is 7.60. The van der Waals surface area contributed by atoms with Crippen molar-refractivity contribution in [2.24, 2.45) is 0 Å². The summed E-state index contributed by atoms with van der Waals surface area (Å²) in [6.07, 6.45) is 5.45. The van der Waals surface area contributed by atoms with Gasteiger partial charge in [0.25, 0.3) is 0 Å². The Balaban J connectivity index is 1.26. The fourth-order valence-electron chi connectivity index (χ4n) is 4.18. The van der Waals surface area contributed by atoms with E-state index < -0.39 is 0 Å². The summed E-state index contributed by atoms with van der Waals surface area (Å²) in [5.41, 5.74) is 2.11. The molecule has 3 heterocycles. The van der Waals surface area contributed by atoms with Gasteiger partial charge in [-0.2, -0.15) is 0 Å². The molecule has 2 aliphatic rings. The van der Waals surface area contributed by atoms with E-state index in [2.05, 4.69) is 9.88 Å². The maximum Gasteiger partial charge on any atom is 0.227 e. The molecule has 1 N–H and O–H groups in total. The summed E-state index contributed by atoms with van der Waals surface area (Å²) in [5.74, 6) is 0.370. The van der Waals surface area contributed by atoms with E-state index in [9.17, 15) is 9.59 Å². The number of fused-ring (bicyclic) bond motifs is 1. The number of benzene rings is 1. The first-order valence-corrected chi connectivity index (χ1v) is 10.0. The molecule has 27 heavy (non-hydrogen) atoms. The Morgan fingerprint density at radius 1 is 0.889 bits per heavy atom. The molecule has 2 saturated heterocycles. The minimum Gasteiger partial charge on any atom is -0.361 e. The number of nitrogens with one attached hydrogen (secondary N) is 1. The Kier molecular flexibility index (Phi) is 5.43. The molecule has 144 valence electrons. The van der Waals surface area contributed by atoms with Crippen LogP contribution in [0, 0.1) is 0 Å². The third-order valence-corrected chi connectivity index (χ3v) is 5.84. The zero-order valence-electron chi connectivity index (χ0n) is 15.8. The van der Waals surface area contributed by atoms with E-state index in [1.807, 2.05) is 40.3 Å². The minimum atomic E-state index is 0.143. The number of piperazine rings is 1. The number of aromatic nitrogens is 1. The maximum absolute atomic E-state index is 12.7. The third kappa shape index (κ3) is 4.16. The standard InChI is InChI=1S/C21H28N4O2/c26-20(7-10-23-8-3-4-9-23)24-11-13-25(14-12-24)21(27)15-17-16-22-19-6-2-1-5-18(17)19/h1-2,5-6,16,22H,3-4,7-15H2. The van der Waals surface area contributed by atoms with Gasteiger partial charge in [0.05, 0.1) is 6.42 Å². The van der Waals surface area contributed by atoms with Crippen LogP contribution in [0.1, 0.15) is 24.8 Å². The number of hydrogen-bond acceptors (Lipinski definition) is 3. The van der Waals surface area contributed by atoms with Crippen molar-refractivity contribution >= 4 is 22.7 Å². The zero-order chi connectivity index (χ0) is 18.6. The summed E-state index contributed by atoms with van der Waals surface area (Å²) < 4.78 is 0. The zero-order valence-corrected chi connectivity index (χ0v) is 15.8. The monoisotopic (exact) mass is 368 g/mol. The molecule has 0 radical (unpaired) electrons. The molecule has 2 fully saturated rings. The van der Waals surface area contributed by atoms with Crippen molar-refractivity contribution in [3.8, 4) is 0 Å². The fourth-order valence-corrected chi connectivity index (χ4v) is 4.18. The van der Waals surface area contributed by atoms with Crippen LogP contribution in [0.5, 0.6) is 0 Å². The van der Waals surface area contributed by atoms with Gasteiger partial charge >= 0.3 is 0 Å². The molecule has 0 saturated carbocycles. The largest absolute Gasteiger partial charge is 0.361 e. The Morgan fingerprint density at radius 2 is 1.56 bits per heavy atom. The molecule has 2 aromatic rings. The van der Waals surface area contributed by atoms with Gasteiger partial charge in [-0.05, 0) is 37.6 Å². The molecule has 6 nitrogen and oxygen atoms in total. The molecule has 1 aromatic heterocycles. The van der Waals surface area contributed by atoms with Gasteiger partial charge in [0.1, 0.15) is 0 Å². The van der Waals surface area contributed by atoms with Crippen LogP contribution in [0.4, 0.5) is 0 Å². The number of para-hydroxylation sites is 1. The van der Waals surface area contributed by atoms with Gasteiger partial charge in [0.15, 0.2) is 0 Å². The predicted molar refractivity (Wildman–Crippen MR) is 105 cm³/mol. The summed E-state index contributed by atoms with van der Waals surface area (Å²) in [4.78, 5) is 34.5. The quantitative estimate of drug-likeness (QED) is 0.876. The van der Waals surface area contributed by atoms with Crippen LogP contribution in [0.25, 0.3) is 10.9 Å². The highest BCUT2D eigenvalue weighted by Gasteiger charge is 2.25. The first-order chi connectivity index (χ1) is 13.2. The predicted octanol–water partition coefficient (Wildman–Crippen LogP) is 1.87. The normalized spacial score (nSPS) is 18.4. The number of likely N-dealkylation sites (tertiary alicyclic amines) is 1. The lowest BCUT2D eigenvalue weighted by Gasteiger charge is -2.35. The molecule has 0 aliphatic carbocycles. The first kappa shape index (κ1) is 18.0. The second kappa shape index (κ2) is 8.13. The lowest BCUT2D eigenvalue weighted by atomic mass is 10.1.